The number of rotatable bonds is 7. The Balaban J connectivity index is 2.17. The van der Waals surface area contributed by atoms with Gasteiger partial charge >= 0.3 is 161 Å². The fourth-order valence-corrected chi connectivity index (χ4v) is 7.27. The van der Waals surface area contributed by atoms with Crippen LogP contribution in [0.2, 0.25) is 0 Å². The van der Waals surface area contributed by atoms with Crippen LogP contribution in [0, 0.1) is 10.8 Å². The van der Waals surface area contributed by atoms with E-state index in [4.69, 9.17) is 18.1 Å². The second-order valence-electron chi connectivity index (χ2n) is 8.31. The molecule has 164 valence electrons. The standard InChI is InChI=1S/C15H35O9P3/c1-5-14(9-21-25(3,16)22-10-14)7-13(27(18,19)20)8-15(6-2)11-23-26(4,17)24-12-15/h13,16-17,25-26H,5-12H2,1-4H3,(H2,18,19,20). The zero-order valence-electron chi connectivity index (χ0n) is 16.5. The molecule has 2 fully saturated rings. The molecule has 0 saturated carbocycles. The van der Waals surface area contributed by atoms with Gasteiger partial charge in [-0.2, -0.15) is 0 Å². The minimum absolute atomic E-state index is 0.215. The number of hydrogen-bond donors (Lipinski definition) is 4. The molecule has 2 aliphatic heterocycles. The first-order chi connectivity index (χ1) is 12.3. The molecule has 0 spiro atoms. The molecular formula is C15H35O9P3. The van der Waals surface area contributed by atoms with Gasteiger partial charge in [0, 0.05) is 0 Å². The molecular weight excluding hydrogens is 417 g/mol. The van der Waals surface area contributed by atoms with Crippen LogP contribution in [0.25, 0.3) is 0 Å². The Bertz CT molecular complexity index is 505. The Hall–Kier alpha value is 0.770. The topological polar surface area (TPSA) is 135 Å². The van der Waals surface area contributed by atoms with Crippen LogP contribution >= 0.6 is 23.5 Å². The van der Waals surface area contributed by atoms with Crippen molar-refractivity contribution in [3.8, 4) is 0 Å². The molecule has 0 atom stereocenters. The summed E-state index contributed by atoms with van der Waals surface area (Å²) in [6, 6.07) is 0. The molecule has 0 radical (unpaired) electrons. The third kappa shape index (κ3) is 6.37. The van der Waals surface area contributed by atoms with Crippen molar-refractivity contribution in [3.63, 3.8) is 0 Å². The second kappa shape index (κ2) is 8.49. The van der Waals surface area contributed by atoms with Crippen LogP contribution < -0.4 is 0 Å². The Kier molecular flexibility index (Phi) is 7.56. The monoisotopic (exact) mass is 452 g/mol. The average Bonchev–Trinajstić information content (AvgIpc) is 2.57. The maximum atomic E-state index is 12.3. The van der Waals surface area contributed by atoms with Crippen molar-refractivity contribution >= 4 is 23.5 Å². The predicted octanol–water partition coefficient (Wildman–Crippen LogP) is 2.43. The van der Waals surface area contributed by atoms with Gasteiger partial charge in [0.2, 0.25) is 0 Å². The molecule has 0 unspecified atom stereocenters. The second-order valence-corrected chi connectivity index (χ2v) is 15.0. The summed E-state index contributed by atoms with van der Waals surface area (Å²) < 4.78 is 34.3. The van der Waals surface area contributed by atoms with Gasteiger partial charge in [-0.25, -0.2) is 0 Å². The molecule has 0 aliphatic carbocycles. The van der Waals surface area contributed by atoms with Crippen molar-refractivity contribution in [2.24, 2.45) is 10.8 Å². The molecule has 27 heavy (non-hydrogen) atoms. The van der Waals surface area contributed by atoms with Gasteiger partial charge in [-0.1, -0.05) is 0 Å². The van der Waals surface area contributed by atoms with Gasteiger partial charge in [-0.15, -0.1) is 0 Å². The first-order valence-corrected chi connectivity index (χ1v) is 15.5. The fourth-order valence-electron chi connectivity index (χ4n) is 3.56. The molecule has 12 heteroatoms. The van der Waals surface area contributed by atoms with Crippen LogP contribution in [0.15, 0.2) is 0 Å². The molecule has 0 aromatic carbocycles. The molecule has 4 N–H and O–H groups in total. The molecule has 0 aromatic rings. The Labute approximate surface area is 162 Å². The normalized spacial score (nSPS) is 37.3. The van der Waals surface area contributed by atoms with E-state index in [2.05, 4.69) is 0 Å². The zero-order chi connectivity index (χ0) is 20.6. The Morgan fingerprint density at radius 2 is 1.15 bits per heavy atom. The first kappa shape index (κ1) is 24.0. The van der Waals surface area contributed by atoms with Gasteiger partial charge in [0.1, 0.15) is 0 Å². The summed E-state index contributed by atoms with van der Waals surface area (Å²) in [6.45, 7) is 7.78. The minimum atomic E-state index is -4.41. The van der Waals surface area contributed by atoms with E-state index >= 15 is 0 Å². The van der Waals surface area contributed by atoms with Gasteiger partial charge < -0.3 is 0 Å². The third-order valence-corrected chi connectivity index (χ3v) is 9.93. The number of hydrogen-bond acceptors (Lipinski definition) is 7. The van der Waals surface area contributed by atoms with Crippen LogP contribution in [-0.2, 0) is 22.7 Å². The summed E-state index contributed by atoms with van der Waals surface area (Å²) in [7, 11) is -10.7. The van der Waals surface area contributed by atoms with E-state index in [0.717, 1.165) is 0 Å². The summed E-state index contributed by atoms with van der Waals surface area (Å²) in [5, 5.41) is 0. The molecule has 9 nitrogen and oxygen atoms in total. The molecule has 2 aliphatic rings. The summed E-state index contributed by atoms with van der Waals surface area (Å²) in [4.78, 5) is 40.0. The maximum absolute atomic E-state index is 12.3. The summed E-state index contributed by atoms with van der Waals surface area (Å²) in [5.74, 6) is 0. The van der Waals surface area contributed by atoms with Crippen LogP contribution in [0.1, 0.15) is 39.5 Å². The predicted molar refractivity (Wildman–Crippen MR) is 107 cm³/mol. The van der Waals surface area contributed by atoms with Crippen LogP contribution in [-0.4, -0.2) is 65.0 Å². The summed E-state index contributed by atoms with van der Waals surface area (Å²) in [5.41, 5.74) is -2.04. The Morgan fingerprint density at radius 3 is 1.37 bits per heavy atom. The van der Waals surface area contributed by atoms with Crippen molar-refractivity contribution < 1.29 is 42.2 Å². The van der Waals surface area contributed by atoms with Crippen LogP contribution in [0.5, 0.6) is 0 Å². The van der Waals surface area contributed by atoms with Gasteiger partial charge in [0.15, 0.2) is 0 Å². The van der Waals surface area contributed by atoms with Crippen molar-refractivity contribution in [1.29, 1.82) is 0 Å². The van der Waals surface area contributed by atoms with Crippen molar-refractivity contribution in [3.05, 3.63) is 0 Å². The summed E-state index contributed by atoms with van der Waals surface area (Å²) in [6.07, 6.45) is 1.66. The third-order valence-electron chi connectivity index (χ3n) is 5.90. The van der Waals surface area contributed by atoms with Crippen LogP contribution in [0.4, 0.5) is 0 Å². The van der Waals surface area contributed by atoms with Gasteiger partial charge in [0.05, 0.1) is 0 Å². The molecule has 0 aromatic heterocycles. The fraction of sp³-hybridized carbons (Fsp3) is 1.00. The van der Waals surface area contributed by atoms with E-state index < -0.39 is 40.0 Å². The van der Waals surface area contributed by atoms with Gasteiger partial charge in [-0.3, -0.25) is 0 Å². The van der Waals surface area contributed by atoms with E-state index in [1.165, 1.54) is 13.3 Å². The van der Waals surface area contributed by atoms with Crippen LogP contribution in [0.3, 0.4) is 0 Å². The van der Waals surface area contributed by atoms with E-state index in [-0.39, 0.29) is 39.3 Å². The van der Waals surface area contributed by atoms with E-state index in [9.17, 15) is 24.1 Å². The van der Waals surface area contributed by atoms with E-state index in [0.29, 0.717) is 12.8 Å². The average molecular weight is 452 g/mol. The molecule has 0 bridgehead atoms. The van der Waals surface area contributed by atoms with Crippen molar-refractivity contribution in [2.75, 3.05) is 39.8 Å². The molecule has 2 saturated heterocycles. The van der Waals surface area contributed by atoms with Crippen molar-refractivity contribution in [1.82, 2.24) is 0 Å². The van der Waals surface area contributed by atoms with Gasteiger partial charge in [-0.05, 0) is 0 Å². The van der Waals surface area contributed by atoms with Gasteiger partial charge in [0.25, 0.3) is 0 Å². The van der Waals surface area contributed by atoms with Crippen molar-refractivity contribution in [2.45, 2.75) is 45.2 Å². The summed E-state index contributed by atoms with van der Waals surface area (Å²) >= 11 is 0. The quantitative estimate of drug-likeness (QED) is 0.430. The van der Waals surface area contributed by atoms with E-state index in [1.54, 1.807) is 0 Å². The molecule has 2 heterocycles. The SMILES string of the molecule is CCC1(CC(CC2(CC)CO[PH](C)(O)OC2)P(=O)(O)O)CO[PH](C)(O)OC1. The van der Waals surface area contributed by atoms with E-state index in [1.807, 2.05) is 13.8 Å². The Morgan fingerprint density at radius 1 is 0.852 bits per heavy atom. The first-order valence-electron chi connectivity index (χ1n) is 9.32. The zero-order valence-corrected chi connectivity index (χ0v) is 19.4. The molecule has 2 rings (SSSR count). The molecule has 0 amide bonds.